The van der Waals surface area contributed by atoms with E-state index in [1.54, 1.807) is 0 Å². The van der Waals surface area contributed by atoms with E-state index in [0.29, 0.717) is 6.54 Å². The summed E-state index contributed by atoms with van der Waals surface area (Å²) in [7, 11) is 0. The van der Waals surface area contributed by atoms with Crippen LogP contribution in [0.3, 0.4) is 0 Å². The SMILES string of the molecule is Cc1ccccc1-c1cc(-c2ccccc2)cc2c1OC(CCN)C2. The van der Waals surface area contributed by atoms with E-state index in [2.05, 4.69) is 73.7 Å². The molecule has 1 unspecified atom stereocenters. The lowest BCUT2D eigenvalue weighted by atomic mass is 9.92. The number of fused-ring (bicyclic) bond motifs is 1. The van der Waals surface area contributed by atoms with Crippen molar-refractivity contribution >= 4 is 0 Å². The molecule has 2 nitrogen and oxygen atoms in total. The fourth-order valence-corrected chi connectivity index (χ4v) is 3.65. The second kappa shape index (κ2) is 6.73. The second-order valence-corrected chi connectivity index (χ2v) is 6.71. The standard InChI is InChI=1S/C23H23NO/c1-16-7-5-6-10-21(16)22-15-18(17-8-3-2-4-9-17)13-19-14-20(11-12-24)25-23(19)22/h2-10,13,15,20H,11-12,14,24H2,1H3. The van der Waals surface area contributed by atoms with E-state index in [1.165, 1.54) is 33.4 Å². The summed E-state index contributed by atoms with van der Waals surface area (Å²) >= 11 is 0. The lowest BCUT2D eigenvalue weighted by Gasteiger charge is -2.15. The van der Waals surface area contributed by atoms with E-state index < -0.39 is 0 Å². The number of hydrogen-bond donors (Lipinski definition) is 1. The van der Waals surface area contributed by atoms with Gasteiger partial charge < -0.3 is 10.5 Å². The van der Waals surface area contributed by atoms with Gasteiger partial charge in [-0.05, 0) is 59.8 Å². The minimum absolute atomic E-state index is 0.189. The molecule has 0 aliphatic carbocycles. The highest BCUT2D eigenvalue weighted by Crippen LogP contribution is 2.43. The maximum atomic E-state index is 6.30. The maximum Gasteiger partial charge on any atom is 0.130 e. The minimum Gasteiger partial charge on any atom is -0.489 e. The van der Waals surface area contributed by atoms with Crippen LogP contribution in [0.4, 0.5) is 0 Å². The third kappa shape index (κ3) is 3.06. The van der Waals surface area contributed by atoms with Crippen LogP contribution < -0.4 is 10.5 Å². The summed E-state index contributed by atoms with van der Waals surface area (Å²) in [5, 5.41) is 0. The fourth-order valence-electron chi connectivity index (χ4n) is 3.65. The molecule has 1 aliphatic heterocycles. The molecule has 0 spiro atoms. The van der Waals surface area contributed by atoms with Crippen LogP contribution in [0.25, 0.3) is 22.3 Å². The highest BCUT2D eigenvalue weighted by atomic mass is 16.5. The van der Waals surface area contributed by atoms with Crippen LogP contribution in [0.1, 0.15) is 17.5 Å². The third-order valence-corrected chi connectivity index (χ3v) is 4.93. The zero-order valence-electron chi connectivity index (χ0n) is 14.5. The second-order valence-electron chi connectivity index (χ2n) is 6.71. The molecule has 0 amide bonds. The summed E-state index contributed by atoms with van der Waals surface area (Å²) < 4.78 is 6.30. The van der Waals surface area contributed by atoms with Gasteiger partial charge in [0.25, 0.3) is 0 Å². The predicted octanol–water partition coefficient (Wildman–Crippen LogP) is 4.98. The molecule has 2 heteroatoms. The molecule has 1 atom stereocenters. The van der Waals surface area contributed by atoms with Gasteiger partial charge in [-0.3, -0.25) is 0 Å². The van der Waals surface area contributed by atoms with Crippen LogP contribution in [0.2, 0.25) is 0 Å². The summed E-state index contributed by atoms with van der Waals surface area (Å²) in [4.78, 5) is 0. The first kappa shape index (κ1) is 15.9. The van der Waals surface area contributed by atoms with Crippen LogP contribution in [0, 0.1) is 6.92 Å². The first-order valence-electron chi connectivity index (χ1n) is 8.91. The average Bonchev–Trinajstić information content (AvgIpc) is 3.05. The van der Waals surface area contributed by atoms with Crippen molar-refractivity contribution in [2.24, 2.45) is 5.73 Å². The van der Waals surface area contributed by atoms with Gasteiger partial charge in [-0.15, -0.1) is 0 Å². The van der Waals surface area contributed by atoms with Gasteiger partial charge in [0.05, 0.1) is 0 Å². The molecule has 3 aromatic carbocycles. The molecule has 3 aromatic rings. The van der Waals surface area contributed by atoms with Gasteiger partial charge in [-0.2, -0.15) is 0 Å². The maximum absolute atomic E-state index is 6.30. The van der Waals surface area contributed by atoms with Crippen LogP contribution in [-0.4, -0.2) is 12.6 Å². The smallest absolute Gasteiger partial charge is 0.130 e. The van der Waals surface area contributed by atoms with E-state index in [1.807, 2.05) is 0 Å². The molecule has 0 saturated heterocycles. The summed E-state index contributed by atoms with van der Waals surface area (Å²) in [6.45, 7) is 2.81. The molecule has 4 rings (SSSR count). The van der Waals surface area contributed by atoms with Crippen LogP contribution in [0.5, 0.6) is 5.75 Å². The van der Waals surface area contributed by atoms with Gasteiger partial charge in [0, 0.05) is 12.0 Å². The molecular weight excluding hydrogens is 306 g/mol. The molecule has 0 bridgehead atoms. The van der Waals surface area contributed by atoms with E-state index in [-0.39, 0.29) is 6.10 Å². The Kier molecular flexibility index (Phi) is 4.29. The molecule has 25 heavy (non-hydrogen) atoms. The van der Waals surface area contributed by atoms with Crippen molar-refractivity contribution in [3.63, 3.8) is 0 Å². The fraction of sp³-hybridized carbons (Fsp3) is 0.217. The van der Waals surface area contributed by atoms with Gasteiger partial charge in [0.15, 0.2) is 0 Å². The topological polar surface area (TPSA) is 35.2 Å². The number of ether oxygens (including phenoxy) is 1. The minimum atomic E-state index is 0.189. The largest absolute Gasteiger partial charge is 0.489 e. The van der Waals surface area contributed by atoms with Crippen LogP contribution >= 0.6 is 0 Å². The molecular formula is C23H23NO. The summed E-state index contributed by atoms with van der Waals surface area (Å²) in [5.41, 5.74) is 13.2. The zero-order chi connectivity index (χ0) is 17.2. The number of nitrogens with two attached hydrogens (primary N) is 1. The summed E-state index contributed by atoms with van der Waals surface area (Å²) in [6.07, 6.45) is 2.02. The van der Waals surface area contributed by atoms with E-state index in [9.17, 15) is 0 Å². The lowest BCUT2D eigenvalue weighted by molar-refractivity contribution is 0.225. The van der Waals surface area contributed by atoms with Crippen LogP contribution in [-0.2, 0) is 6.42 Å². The predicted molar refractivity (Wildman–Crippen MR) is 104 cm³/mol. The molecule has 0 saturated carbocycles. The van der Waals surface area contributed by atoms with Gasteiger partial charge in [0.2, 0.25) is 0 Å². The van der Waals surface area contributed by atoms with Crippen molar-refractivity contribution in [1.82, 2.24) is 0 Å². The van der Waals surface area contributed by atoms with E-state index >= 15 is 0 Å². The van der Waals surface area contributed by atoms with Crippen molar-refractivity contribution in [2.75, 3.05) is 6.54 Å². The molecule has 0 radical (unpaired) electrons. The lowest BCUT2D eigenvalue weighted by Crippen LogP contribution is -2.17. The van der Waals surface area contributed by atoms with Crippen molar-refractivity contribution in [3.05, 3.63) is 77.9 Å². The van der Waals surface area contributed by atoms with Crippen molar-refractivity contribution in [1.29, 1.82) is 0 Å². The Hall–Kier alpha value is -2.58. The molecule has 1 heterocycles. The Morgan fingerprint density at radius 2 is 1.68 bits per heavy atom. The van der Waals surface area contributed by atoms with E-state index in [0.717, 1.165) is 18.6 Å². The van der Waals surface area contributed by atoms with Crippen LogP contribution in [0.15, 0.2) is 66.7 Å². The Labute approximate surface area is 149 Å². The molecule has 0 fully saturated rings. The van der Waals surface area contributed by atoms with Gasteiger partial charge >= 0.3 is 0 Å². The van der Waals surface area contributed by atoms with Crippen molar-refractivity contribution in [2.45, 2.75) is 25.9 Å². The van der Waals surface area contributed by atoms with Crippen molar-refractivity contribution < 1.29 is 4.74 Å². The Morgan fingerprint density at radius 1 is 0.920 bits per heavy atom. The van der Waals surface area contributed by atoms with E-state index in [4.69, 9.17) is 10.5 Å². The molecule has 0 aromatic heterocycles. The van der Waals surface area contributed by atoms with Gasteiger partial charge in [0.1, 0.15) is 11.9 Å². The number of hydrogen-bond acceptors (Lipinski definition) is 2. The monoisotopic (exact) mass is 329 g/mol. The first-order valence-corrected chi connectivity index (χ1v) is 8.91. The highest BCUT2D eigenvalue weighted by Gasteiger charge is 2.26. The summed E-state index contributed by atoms with van der Waals surface area (Å²) in [5.74, 6) is 1.03. The molecule has 1 aliphatic rings. The highest BCUT2D eigenvalue weighted by molar-refractivity contribution is 5.81. The van der Waals surface area contributed by atoms with Crippen molar-refractivity contribution in [3.8, 4) is 28.0 Å². The number of benzene rings is 3. The average molecular weight is 329 g/mol. The zero-order valence-corrected chi connectivity index (χ0v) is 14.5. The Morgan fingerprint density at radius 3 is 2.44 bits per heavy atom. The van der Waals surface area contributed by atoms with Gasteiger partial charge in [-0.1, -0.05) is 54.6 Å². The Balaban J connectivity index is 1.88. The normalized spacial score (nSPS) is 15.7. The number of rotatable bonds is 4. The Bertz CT molecular complexity index is 886. The third-order valence-electron chi connectivity index (χ3n) is 4.93. The summed E-state index contributed by atoms with van der Waals surface area (Å²) in [6, 6.07) is 23.6. The van der Waals surface area contributed by atoms with Gasteiger partial charge in [-0.25, -0.2) is 0 Å². The molecule has 2 N–H and O–H groups in total. The molecule has 126 valence electrons. The first-order chi connectivity index (χ1) is 12.3. The number of aryl methyl sites for hydroxylation is 1. The quantitative estimate of drug-likeness (QED) is 0.732.